The highest BCUT2D eigenvalue weighted by molar-refractivity contribution is 5.88. The van der Waals surface area contributed by atoms with Gasteiger partial charge in [-0.05, 0) is 35.9 Å². The molecule has 0 aliphatic rings. The number of carbonyl (C=O) groups is 1. The summed E-state index contributed by atoms with van der Waals surface area (Å²) in [6.45, 7) is 2.06. The van der Waals surface area contributed by atoms with Gasteiger partial charge in [-0.1, -0.05) is 6.07 Å². The standard InChI is InChI=1S/C17H17N7O/c1-12(25)21-14-4-6-15(7-5-14)22-17-23-16(11-20-24-17)19-10-13-3-2-8-18-9-13/h2-9,11H,10H2,1H3,(H,21,25)(H2,19,22,23,24). The van der Waals surface area contributed by atoms with Crippen LogP contribution < -0.4 is 16.0 Å². The lowest BCUT2D eigenvalue weighted by molar-refractivity contribution is -0.114. The van der Waals surface area contributed by atoms with E-state index in [0.29, 0.717) is 18.3 Å². The molecular formula is C17H17N7O. The van der Waals surface area contributed by atoms with Crippen LogP contribution in [0.1, 0.15) is 12.5 Å². The SMILES string of the molecule is CC(=O)Nc1ccc(Nc2nncc(NCc3cccnc3)n2)cc1. The van der Waals surface area contributed by atoms with Gasteiger partial charge in [0.25, 0.3) is 0 Å². The van der Waals surface area contributed by atoms with E-state index in [1.54, 1.807) is 30.7 Å². The molecule has 3 rings (SSSR count). The normalized spacial score (nSPS) is 10.1. The average Bonchev–Trinajstić information content (AvgIpc) is 2.62. The molecule has 1 amide bonds. The summed E-state index contributed by atoms with van der Waals surface area (Å²) in [6.07, 6.45) is 5.08. The monoisotopic (exact) mass is 335 g/mol. The third kappa shape index (κ3) is 4.96. The Morgan fingerprint density at radius 2 is 1.88 bits per heavy atom. The lowest BCUT2D eigenvalue weighted by Gasteiger charge is -2.08. The summed E-state index contributed by atoms with van der Waals surface area (Å²) in [5.41, 5.74) is 2.56. The zero-order valence-electron chi connectivity index (χ0n) is 13.6. The molecule has 0 spiro atoms. The molecule has 8 nitrogen and oxygen atoms in total. The first-order chi connectivity index (χ1) is 12.2. The van der Waals surface area contributed by atoms with E-state index in [4.69, 9.17) is 0 Å². The summed E-state index contributed by atoms with van der Waals surface area (Å²) in [4.78, 5) is 19.5. The summed E-state index contributed by atoms with van der Waals surface area (Å²) in [6, 6.07) is 11.1. The van der Waals surface area contributed by atoms with Crippen LogP contribution in [0.3, 0.4) is 0 Å². The number of amides is 1. The fourth-order valence-corrected chi connectivity index (χ4v) is 2.11. The van der Waals surface area contributed by atoms with Gasteiger partial charge in [-0.25, -0.2) is 0 Å². The Balaban J connectivity index is 1.62. The molecule has 0 bridgehead atoms. The third-order valence-corrected chi connectivity index (χ3v) is 3.22. The molecule has 25 heavy (non-hydrogen) atoms. The van der Waals surface area contributed by atoms with Crippen LogP contribution >= 0.6 is 0 Å². The van der Waals surface area contributed by atoms with Crippen LogP contribution in [0.2, 0.25) is 0 Å². The highest BCUT2D eigenvalue weighted by Crippen LogP contribution is 2.17. The van der Waals surface area contributed by atoms with Gasteiger partial charge in [-0.15, -0.1) is 5.10 Å². The molecule has 1 aromatic carbocycles. The van der Waals surface area contributed by atoms with Crippen molar-refractivity contribution in [2.24, 2.45) is 0 Å². The molecule has 0 aliphatic heterocycles. The van der Waals surface area contributed by atoms with Crippen LogP contribution in [-0.4, -0.2) is 26.1 Å². The van der Waals surface area contributed by atoms with Crippen molar-refractivity contribution in [3.8, 4) is 0 Å². The molecule has 0 fully saturated rings. The second-order valence-electron chi connectivity index (χ2n) is 5.26. The fraction of sp³-hybridized carbons (Fsp3) is 0.118. The van der Waals surface area contributed by atoms with E-state index in [1.807, 2.05) is 24.3 Å². The predicted octanol–water partition coefficient (Wildman–Crippen LogP) is 2.58. The summed E-state index contributed by atoms with van der Waals surface area (Å²) in [5.74, 6) is 0.875. The maximum absolute atomic E-state index is 11.0. The van der Waals surface area contributed by atoms with Crippen LogP contribution in [0, 0.1) is 0 Å². The van der Waals surface area contributed by atoms with E-state index in [9.17, 15) is 4.79 Å². The number of hydrogen-bond donors (Lipinski definition) is 3. The molecule has 0 aliphatic carbocycles. The molecule has 0 atom stereocenters. The van der Waals surface area contributed by atoms with Gasteiger partial charge in [-0.2, -0.15) is 10.1 Å². The molecule has 2 aromatic heterocycles. The second kappa shape index (κ2) is 7.82. The highest BCUT2D eigenvalue weighted by atomic mass is 16.1. The summed E-state index contributed by atoms with van der Waals surface area (Å²) in [7, 11) is 0. The van der Waals surface area contributed by atoms with Gasteiger partial charge in [0.1, 0.15) is 0 Å². The van der Waals surface area contributed by atoms with Crippen molar-refractivity contribution in [2.45, 2.75) is 13.5 Å². The Morgan fingerprint density at radius 1 is 1.08 bits per heavy atom. The van der Waals surface area contributed by atoms with Crippen LogP contribution in [0.4, 0.5) is 23.1 Å². The smallest absolute Gasteiger partial charge is 0.249 e. The van der Waals surface area contributed by atoms with Gasteiger partial charge in [0.05, 0.1) is 6.20 Å². The van der Waals surface area contributed by atoms with E-state index >= 15 is 0 Å². The molecule has 126 valence electrons. The van der Waals surface area contributed by atoms with Gasteiger partial charge < -0.3 is 16.0 Å². The Kier molecular flexibility index (Phi) is 5.10. The van der Waals surface area contributed by atoms with Gasteiger partial charge in [0.2, 0.25) is 11.9 Å². The number of pyridine rings is 1. The summed E-state index contributed by atoms with van der Waals surface area (Å²) < 4.78 is 0. The maximum atomic E-state index is 11.0. The van der Waals surface area contributed by atoms with Crippen LogP contribution in [-0.2, 0) is 11.3 Å². The van der Waals surface area contributed by atoms with Crippen molar-refractivity contribution < 1.29 is 4.79 Å². The van der Waals surface area contributed by atoms with Crippen molar-refractivity contribution in [2.75, 3.05) is 16.0 Å². The van der Waals surface area contributed by atoms with Gasteiger partial charge in [-0.3, -0.25) is 9.78 Å². The van der Waals surface area contributed by atoms with Crippen molar-refractivity contribution in [3.05, 3.63) is 60.6 Å². The van der Waals surface area contributed by atoms with Gasteiger partial charge in [0.15, 0.2) is 5.82 Å². The summed E-state index contributed by atoms with van der Waals surface area (Å²) >= 11 is 0. The maximum Gasteiger partial charge on any atom is 0.249 e. The Morgan fingerprint density at radius 3 is 2.60 bits per heavy atom. The molecule has 0 saturated carbocycles. The zero-order chi connectivity index (χ0) is 17.5. The molecule has 8 heteroatoms. The Labute approximate surface area is 144 Å². The van der Waals surface area contributed by atoms with E-state index in [0.717, 1.165) is 16.9 Å². The van der Waals surface area contributed by atoms with Gasteiger partial charge in [0, 0.05) is 37.2 Å². The van der Waals surface area contributed by atoms with E-state index in [-0.39, 0.29) is 5.91 Å². The van der Waals surface area contributed by atoms with E-state index in [1.165, 1.54) is 6.92 Å². The highest BCUT2D eigenvalue weighted by Gasteiger charge is 2.02. The number of aromatic nitrogens is 4. The number of benzene rings is 1. The quantitative estimate of drug-likeness (QED) is 0.636. The number of carbonyl (C=O) groups excluding carboxylic acids is 1. The first-order valence-electron chi connectivity index (χ1n) is 7.66. The number of nitrogens with one attached hydrogen (secondary N) is 3. The van der Waals surface area contributed by atoms with Crippen molar-refractivity contribution in [1.29, 1.82) is 0 Å². The fourth-order valence-electron chi connectivity index (χ4n) is 2.11. The predicted molar refractivity (Wildman–Crippen MR) is 95.4 cm³/mol. The number of rotatable bonds is 6. The number of hydrogen-bond acceptors (Lipinski definition) is 7. The van der Waals surface area contributed by atoms with E-state index in [2.05, 4.69) is 36.1 Å². The first kappa shape index (κ1) is 16.3. The molecule has 3 N–H and O–H groups in total. The van der Waals surface area contributed by atoms with Crippen molar-refractivity contribution >= 4 is 29.0 Å². The molecule has 0 radical (unpaired) electrons. The van der Waals surface area contributed by atoms with Crippen molar-refractivity contribution in [3.63, 3.8) is 0 Å². The number of anilines is 4. The minimum atomic E-state index is -0.111. The Hall–Kier alpha value is -3.55. The molecule has 2 heterocycles. The minimum absolute atomic E-state index is 0.111. The van der Waals surface area contributed by atoms with Gasteiger partial charge >= 0.3 is 0 Å². The van der Waals surface area contributed by atoms with Crippen LogP contribution in [0.25, 0.3) is 0 Å². The lowest BCUT2D eigenvalue weighted by Crippen LogP contribution is -2.06. The van der Waals surface area contributed by atoms with Crippen LogP contribution in [0.15, 0.2) is 55.0 Å². The molecule has 0 saturated heterocycles. The van der Waals surface area contributed by atoms with E-state index < -0.39 is 0 Å². The lowest BCUT2D eigenvalue weighted by atomic mass is 10.3. The largest absolute Gasteiger partial charge is 0.364 e. The molecular weight excluding hydrogens is 318 g/mol. The minimum Gasteiger partial charge on any atom is -0.364 e. The van der Waals surface area contributed by atoms with Crippen LogP contribution in [0.5, 0.6) is 0 Å². The van der Waals surface area contributed by atoms with Crippen molar-refractivity contribution in [1.82, 2.24) is 20.2 Å². The topological polar surface area (TPSA) is 105 Å². The second-order valence-corrected chi connectivity index (χ2v) is 5.26. The first-order valence-corrected chi connectivity index (χ1v) is 7.66. The molecule has 0 unspecified atom stereocenters. The summed E-state index contributed by atoms with van der Waals surface area (Å²) in [5, 5.41) is 16.9. The average molecular weight is 335 g/mol. The zero-order valence-corrected chi connectivity index (χ0v) is 13.6. The molecule has 3 aromatic rings. The third-order valence-electron chi connectivity index (χ3n) is 3.22. The number of nitrogens with zero attached hydrogens (tertiary/aromatic N) is 4. The Bertz CT molecular complexity index is 837.